The molecule has 2 rings (SSSR count). The molecule has 3 atom stereocenters. The van der Waals surface area contributed by atoms with Crippen LogP contribution in [0.4, 0.5) is 0 Å². The lowest BCUT2D eigenvalue weighted by atomic mass is 9.84. The number of hydrogen-bond acceptors (Lipinski definition) is 4. The second-order valence-corrected chi connectivity index (χ2v) is 4.97. The number of carbonyl (C=O) groups is 2. The first-order valence-corrected chi connectivity index (χ1v) is 6.60. The molecule has 0 bridgehead atoms. The second kappa shape index (κ2) is 6.15. The highest BCUT2D eigenvalue weighted by atomic mass is 16.5. The summed E-state index contributed by atoms with van der Waals surface area (Å²) in [6.45, 7) is 1.85. The largest absolute Gasteiger partial charge is 0.369 e. The van der Waals surface area contributed by atoms with Crippen LogP contribution in [0.15, 0.2) is 0 Å². The van der Waals surface area contributed by atoms with Crippen LogP contribution in [-0.4, -0.2) is 43.7 Å². The molecule has 3 unspecified atom stereocenters. The molecule has 2 aliphatic rings. The van der Waals surface area contributed by atoms with Gasteiger partial charge in [-0.05, 0) is 12.8 Å². The molecule has 1 saturated carbocycles. The van der Waals surface area contributed by atoms with Gasteiger partial charge < -0.3 is 21.1 Å². The van der Waals surface area contributed by atoms with Crippen molar-refractivity contribution >= 4 is 11.8 Å². The van der Waals surface area contributed by atoms with Crippen LogP contribution in [0.3, 0.4) is 0 Å². The van der Waals surface area contributed by atoms with Crippen LogP contribution >= 0.6 is 0 Å². The predicted octanol–water partition coefficient (Wildman–Crippen LogP) is -0.865. The third-order valence-corrected chi connectivity index (χ3v) is 3.68. The van der Waals surface area contributed by atoms with Crippen LogP contribution in [0.5, 0.6) is 0 Å². The minimum atomic E-state index is -0.450. The Kier molecular flexibility index (Phi) is 4.54. The molecule has 1 saturated heterocycles. The first kappa shape index (κ1) is 13.3. The Morgan fingerprint density at radius 1 is 1.28 bits per heavy atom. The van der Waals surface area contributed by atoms with Crippen molar-refractivity contribution in [2.75, 3.05) is 19.7 Å². The average molecular weight is 255 g/mol. The summed E-state index contributed by atoms with van der Waals surface area (Å²) in [4.78, 5) is 23.4. The summed E-state index contributed by atoms with van der Waals surface area (Å²) in [5.74, 6) is -0.692. The molecule has 102 valence electrons. The number of morpholine rings is 1. The number of carbonyl (C=O) groups excluding carboxylic acids is 2. The second-order valence-electron chi connectivity index (χ2n) is 4.97. The van der Waals surface area contributed by atoms with E-state index in [1.807, 2.05) is 0 Å². The van der Waals surface area contributed by atoms with E-state index < -0.39 is 6.10 Å². The quantitative estimate of drug-likeness (QED) is 0.611. The normalized spacial score (nSPS) is 32.8. The van der Waals surface area contributed by atoms with E-state index in [1.165, 1.54) is 0 Å². The molecule has 0 aromatic rings. The molecule has 2 fully saturated rings. The van der Waals surface area contributed by atoms with Crippen molar-refractivity contribution in [2.24, 2.45) is 11.7 Å². The number of amides is 2. The molecule has 0 aromatic carbocycles. The van der Waals surface area contributed by atoms with Crippen molar-refractivity contribution < 1.29 is 14.3 Å². The van der Waals surface area contributed by atoms with Gasteiger partial charge in [0.25, 0.3) is 5.91 Å². The van der Waals surface area contributed by atoms with Gasteiger partial charge in [-0.15, -0.1) is 0 Å². The Balaban J connectivity index is 1.89. The van der Waals surface area contributed by atoms with Gasteiger partial charge in [-0.3, -0.25) is 9.59 Å². The van der Waals surface area contributed by atoms with Crippen molar-refractivity contribution in [1.29, 1.82) is 0 Å². The highest BCUT2D eigenvalue weighted by Crippen LogP contribution is 2.24. The lowest BCUT2D eigenvalue weighted by Gasteiger charge is -2.32. The van der Waals surface area contributed by atoms with E-state index >= 15 is 0 Å². The van der Waals surface area contributed by atoms with E-state index in [-0.39, 0.29) is 23.8 Å². The van der Waals surface area contributed by atoms with Crippen molar-refractivity contribution in [3.63, 3.8) is 0 Å². The Morgan fingerprint density at radius 3 is 2.72 bits per heavy atom. The van der Waals surface area contributed by atoms with Gasteiger partial charge in [-0.2, -0.15) is 0 Å². The molecule has 1 heterocycles. The highest BCUT2D eigenvalue weighted by Gasteiger charge is 2.32. The maximum atomic E-state index is 12.0. The lowest BCUT2D eigenvalue weighted by molar-refractivity contribution is -0.136. The summed E-state index contributed by atoms with van der Waals surface area (Å²) in [5, 5.41) is 6.02. The third kappa shape index (κ3) is 3.20. The molecule has 1 aliphatic carbocycles. The average Bonchev–Trinajstić information content (AvgIpc) is 2.40. The fourth-order valence-corrected chi connectivity index (χ4v) is 2.65. The van der Waals surface area contributed by atoms with E-state index in [2.05, 4.69) is 10.6 Å². The van der Waals surface area contributed by atoms with Crippen LogP contribution in [0.1, 0.15) is 25.7 Å². The molecule has 6 heteroatoms. The van der Waals surface area contributed by atoms with Crippen LogP contribution in [0.2, 0.25) is 0 Å². The molecule has 4 N–H and O–H groups in total. The number of hydrogen-bond donors (Lipinski definition) is 3. The predicted molar refractivity (Wildman–Crippen MR) is 65.7 cm³/mol. The van der Waals surface area contributed by atoms with Crippen molar-refractivity contribution in [1.82, 2.24) is 10.6 Å². The summed E-state index contributed by atoms with van der Waals surface area (Å²) in [6, 6.07) is -0.130. The highest BCUT2D eigenvalue weighted by molar-refractivity contribution is 5.83. The lowest BCUT2D eigenvalue weighted by Crippen LogP contribution is -2.53. The zero-order chi connectivity index (χ0) is 13.0. The number of primary amides is 1. The van der Waals surface area contributed by atoms with Crippen molar-refractivity contribution in [3.8, 4) is 0 Å². The first-order valence-electron chi connectivity index (χ1n) is 6.60. The number of ether oxygens (including phenoxy) is 1. The fourth-order valence-electron chi connectivity index (χ4n) is 2.65. The van der Waals surface area contributed by atoms with E-state index in [0.29, 0.717) is 13.2 Å². The minimum Gasteiger partial charge on any atom is -0.369 e. The van der Waals surface area contributed by atoms with Crippen LogP contribution < -0.4 is 16.4 Å². The summed E-state index contributed by atoms with van der Waals surface area (Å²) >= 11 is 0. The smallest absolute Gasteiger partial charge is 0.250 e. The first-order chi connectivity index (χ1) is 8.68. The van der Waals surface area contributed by atoms with Gasteiger partial charge in [0.2, 0.25) is 5.91 Å². The Bertz CT molecular complexity index is 316. The maximum absolute atomic E-state index is 12.0. The topological polar surface area (TPSA) is 93.5 Å². The maximum Gasteiger partial charge on any atom is 0.250 e. The SMILES string of the molecule is NC(=O)C1CCCCC1NC(=O)C1CNCCO1. The van der Waals surface area contributed by atoms with Gasteiger partial charge >= 0.3 is 0 Å². The Hall–Kier alpha value is -1.14. The van der Waals surface area contributed by atoms with Gasteiger partial charge in [0, 0.05) is 19.1 Å². The van der Waals surface area contributed by atoms with Crippen molar-refractivity contribution in [2.45, 2.75) is 37.8 Å². The molecule has 18 heavy (non-hydrogen) atoms. The zero-order valence-corrected chi connectivity index (χ0v) is 10.5. The Morgan fingerprint density at radius 2 is 2.06 bits per heavy atom. The number of nitrogens with two attached hydrogens (primary N) is 1. The summed E-state index contributed by atoms with van der Waals surface area (Å²) in [6.07, 6.45) is 3.16. The molecular weight excluding hydrogens is 234 g/mol. The monoisotopic (exact) mass is 255 g/mol. The fraction of sp³-hybridized carbons (Fsp3) is 0.833. The standard InChI is InChI=1S/C12H21N3O3/c13-11(16)8-3-1-2-4-9(8)15-12(17)10-7-14-5-6-18-10/h8-10,14H,1-7H2,(H2,13,16)(H,15,17). The molecule has 1 aliphatic heterocycles. The van der Waals surface area contributed by atoms with Gasteiger partial charge in [0.15, 0.2) is 0 Å². The Labute approximate surface area is 107 Å². The van der Waals surface area contributed by atoms with E-state index in [0.717, 1.165) is 32.2 Å². The van der Waals surface area contributed by atoms with E-state index in [1.54, 1.807) is 0 Å². The molecule has 0 aromatic heterocycles. The molecule has 0 radical (unpaired) electrons. The zero-order valence-electron chi connectivity index (χ0n) is 10.5. The summed E-state index contributed by atoms with van der Waals surface area (Å²) < 4.78 is 5.39. The third-order valence-electron chi connectivity index (χ3n) is 3.68. The molecule has 2 amide bonds. The van der Waals surface area contributed by atoms with E-state index in [9.17, 15) is 9.59 Å². The van der Waals surface area contributed by atoms with Crippen LogP contribution in [-0.2, 0) is 14.3 Å². The minimum absolute atomic E-state index is 0.130. The van der Waals surface area contributed by atoms with Crippen molar-refractivity contribution in [3.05, 3.63) is 0 Å². The van der Waals surface area contributed by atoms with Gasteiger partial charge in [0.1, 0.15) is 6.10 Å². The van der Waals surface area contributed by atoms with Gasteiger partial charge in [-0.25, -0.2) is 0 Å². The molecule has 0 spiro atoms. The molecule has 6 nitrogen and oxygen atoms in total. The summed E-state index contributed by atoms with van der Waals surface area (Å²) in [5.41, 5.74) is 5.38. The van der Waals surface area contributed by atoms with Crippen LogP contribution in [0.25, 0.3) is 0 Å². The van der Waals surface area contributed by atoms with Crippen LogP contribution in [0, 0.1) is 5.92 Å². The van der Waals surface area contributed by atoms with E-state index in [4.69, 9.17) is 10.5 Å². The molecular formula is C12H21N3O3. The summed E-state index contributed by atoms with van der Waals surface area (Å²) in [7, 11) is 0. The number of nitrogens with one attached hydrogen (secondary N) is 2. The van der Waals surface area contributed by atoms with Gasteiger partial charge in [0.05, 0.1) is 12.5 Å². The van der Waals surface area contributed by atoms with Gasteiger partial charge in [-0.1, -0.05) is 12.8 Å². The number of rotatable bonds is 3.